The van der Waals surface area contributed by atoms with Crippen molar-refractivity contribution < 1.29 is 4.11 Å². The predicted octanol–water partition coefficient (Wildman–Crippen LogP) is 2.34. The fourth-order valence-electron chi connectivity index (χ4n) is 0.293. The molecule has 0 aliphatic rings. The van der Waals surface area contributed by atoms with Crippen LogP contribution >= 0.6 is 11.6 Å². The fourth-order valence-corrected chi connectivity index (χ4v) is 0.402. The molecule has 1 aromatic rings. The third-order valence-electron chi connectivity index (χ3n) is 0.564. The van der Waals surface area contributed by atoms with Crippen LogP contribution in [-0.4, -0.2) is 0 Å². The van der Waals surface area contributed by atoms with E-state index >= 15 is 0 Å². The Morgan fingerprint density at radius 1 is 1.29 bits per heavy atom. The number of hydrogen-bond donors (Lipinski definition) is 0. The van der Waals surface area contributed by atoms with Crippen molar-refractivity contribution in [1.82, 2.24) is 0 Å². The minimum atomic E-state index is -0.0793. The van der Waals surface area contributed by atoms with Gasteiger partial charge in [-0.05, 0) is 12.1 Å². The second-order valence-electron chi connectivity index (χ2n) is 1.09. The van der Waals surface area contributed by atoms with Gasteiger partial charge in [0.05, 0.1) is 4.11 Å². The zero-order valence-electron chi connectivity index (χ0n) is 6.53. The van der Waals surface area contributed by atoms with E-state index in [9.17, 15) is 0 Å². The molecule has 0 N–H and O–H groups in total. The van der Waals surface area contributed by atoms with Gasteiger partial charge in [-0.15, -0.1) is 0 Å². The van der Waals surface area contributed by atoms with Crippen LogP contribution in [0.3, 0.4) is 0 Å². The molecule has 0 aromatic heterocycles. The van der Waals surface area contributed by atoms with Crippen molar-refractivity contribution in [3.8, 4) is 0 Å². The van der Waals surface area contributed by atoms with Crippen LogP contribution in [0.2, 0.25) is 5.02 Å². The number of benzene rings is 1. The molecule has 0 saturated heterocycles. The lowest BCUT2D eigenvalue weighted by molar-refractivity contribution is 1.71. The molecule has 0 heterocycles. The molecule has 36 valence electrons. The largest absolute Gasteiger partial charge is 0.0843 e. The van der Waals surface area contributed by atoms with Gasteiger partial charge in [-0.25, -0.2) is 0 Å². The van der Waals surface area contributed by atoms with Crippen LogP contribution in [0.5, 0.6) is 0 Å². The van der Waals surface area contributed by atoms with Crippen molar-refractivity contribution in [3.05, 3.63) is 35.3 Å². The van der Waals surface area contributed by atoms with E-state index in [0.29, 0.717) is 5.02 Å². The molecule has 7 heavy (non-hydrogen) atoms. The van der Waals surface area contributed by atoms with Gasteiger partial charge in [0.2, 0.25) is 0 Å². The summed E-state index contributed by atoms with van der Waals surface area (Å²) in [4.78, 5) is 0. The van der Waals surface area contributed by atoms with Crippen molar-refractivity contribution >= 4 is 11.6 Å². The third-order valence-corrected chi connectivity index (χ3v) is 0.783. The minimum Gasteiger partial charge on any atom is -0.0843 e. The molecule has 0 atom stereocenters. The van der Waals surface area contributed by atoms with Crippen LogP contribution in [0.4, 0.5) is 0 Å². The highest BCUT2D eigenvalue weighted by molar-refractivity contribution is 6.30. The van der Waals surface area contributed by atoms with Crippen LogP contribution in [0.1, 0.15) is 4.11 Å². The second kappa shape index (κ2) is 1.99. The summed E-state index contributed by atoms with van der Waals surface area (Å²) in [6.07, 6.45) is 0. The summed E-state index contributed by atoms with van der Waals surface area (Å²) >= 11 is 5.50. The maximum absolute atomic E-state index is 7.11. The van der Waals surface area contributed by atoms with E-state index in [1.807, 2.05) is 0 Å². The van der Waals surface area contributed by atoms with E-state index in [1.165, 1.54) is 12.1 Å². The molecular weight excluding hydrogens is 108 g/mol. The molecule has 0 unspecified atom stereocenters. The Balaban J connectivity index is 3.31. The lowest BCUT2D eigenvalue weighted by atomic mass is 10.4. The van der Waals surface area contributed by atoms with Crippen molar-refractivity contribution in [3.63, 3.8) is 0 Å². The van der Waals surface area contributed by atoms with Crippen LogP contribution in [0, 0.1) is 0 Å². The Labute approximate surface area is 51.9 Å². The molecule has 0 saturated carbocycles. The average molecular weight is 116 g/mol. The van der Waals surface area contributed by atoms with Gasteiger partial charge in [0.25, 0.3) is 0 Å². The van der Waals surface area contributed by atoms with Gasteiger partial charge >= 0.3 is 0 Å². The molecule has 1 heteroatoms. The lowest BCUT2D eigenvalue weighted by Gasteiger charge is -1.80. The topological polar surface area (TPSA) is 0 Å². The molecule has 0 nitrogen and oxygen atoms in total. The summed E-state index contributed by atoms with van der Waals surface area (Å²) in [7, 11) is 0. The Bertz CT molecular complexity index is 236. The molecule has 0 radical (unpaired) electrons. The molecule has 1 aromatic carbocycles. The third kappa shape index (κ3) is 1.20. The van der Waals surface area contributed by atoms with Gasteiger partial charge in [0.15, 0.2) is 0 Å². The van der Waals surface area contributed by atoms with E-state index < -0.39 is 0 Å². The first-order valence-electron chi connectivity index (χ1n) is 3.34. The predicted molar refractivity (Wildman–Crippen MR) is 31.5 cm³/mol. The van der Waals surface area contributed by atoms with E-state index in [0.717, 1.165) is 0 Å². The van der Waals surface area contributed by atoms with Gasteiger partial charge < -0.3 is 0 Å². The molecule has 1 rings (SSSR count). The fraction of sp³-hybridized carbons (Fsp3) is 0. The minimum absolute atomic E-state index is 0.00231. The van der Waals surface area contributed by atoms with Gasteiger partial charge in [0, 0.05) is 5.02 Å². The second-order valence-corrected chi connectivity index (χ2v) is 1.52. The highest BCUT2D eigenvalue weighted by Crippen LogP contribution is 2.03. The van der Waals surface area contributed by atoms with Gasteiger partial charge in [-0.2, -0.15) is 0 Å². The summed E-state index contributed by atoms with van der Waals surface area (Å²) in [6, 6.07) is 2.61. The summed E-state index contributed by atoms with van der Waals surface area (Å²) in [5, 5.41) is 0.339. The maximum Gasteiger partial charge on any atom is 0.0623 e. The highest BCUT2D eigenvalue weighted by atomic mass is 35.5. The van der Waals surface area contributed by atoms with Crippen LogP contribution in [0.15, 0.2) is 30.3 Å². The van der Waals surface area contributed by atoms with E-state index in [4.69, 9.17) is 15.7 Å². The van der Waals surface area contributed by atoms with Crippen molar-refractivity contribution in [2.75, 3.05) is 0 Å². The Kier molecular flexibility index (Phi) is 0.620. The standard InChI is InChI=1S/C6H5Cl/c7-6-4-2-1-3-5-6/h1-5H/i1D,2D,3D. The normalized spacial score (nSPS) is 14.7. The summed E-state index contributed by atoms with van der Waals surface area (Å²) in [6.45, 7) is 0. The van der Waals surface area contributed by atoms with Gasteiger partial charge in [-0.3, -0.25) is 0 Å². The molecule has 0 fully saturated rings. The van der Waals surface area contributed by atoms with Gasteiger partial charge in [0.1, 0.15) is 0 Å². The Morgan fingerprint density at radius 3 is 2.43 bits per heavy atom. The molecule has 0 bridgehead atoms. The van der Waals surface area contributed by atoms with E-state index in [1.54, 1.807) is 0 Å². The Morgan fingerprint density at radius 2 is 1.86 bits per heavy atom. The number of rotatable bonds is 0. The lowest BCUT2D eigenvalue weighted by Crippen LogP contribution is -1.55. The van der Waals surface area contributed by atoms with Crippen molar-refractivity contribution in [1.29, 1.82) is 0 Å². The monoisotopic (exact) mass is 115 g/mol. The summed E-state index contributed by atoms with van der Waals surface area (Å²) < 4.78 is 21.3. The van der Waals surface area contributed by atoms with Crippen LogP contribution in [-0.2, 0) is 0 Å². The van der Waals surface area contributed by atoms with Crippen LogP contribution in [0.25, 0.3) is 0 Å². The van der Waals surface area contributed by atoms with E-state index in [2.05, 4.69) is 0 Å². The maximum atomic E-state index is 7.11. The SMILES string of the molecule is [2H]c1cc(Cl)cc([2H])c1[2H]. The average Bonchev–Trinajstić information content (AvgIpc) is 1.82. The molecule has 0 spiro atoms. The van der Waals surface area contributed by atoms with Crippen molar-refractivity contribution in [2.24, 2.45) is 0 Å². The molecule has 0 amide bonds. The first-order chi connectivity index (χ1) is 4.61. The zero-order valence-corrected chi connectivity index (χ0v) is 4.29. The zero-order chi connectivity index (χ0) is 7.72. The summed E-state index contributed by atoms with van der Waals surface area (Å²) in [5.74, 6) is 0. The summed E-state index contributed by atoms with van der Waals surface area (Å²) in [5.41, 5.74) is 0. The first-order valence-corrected chi connectivity index (χ1v) is 2.22. The smallest absolute Gasteiger partial charge is 0.0623 e. The molecular formula is C6H5Cl. The highest BCUT2D eigenvalue weighted by Gasteiger charge is 1.74. The van der Waals surface area contributed by atoms with Crippen molar-refractivity contribution in [2.45, 2.75) is 0 Å². The van der Waals surface area contributed by atoms with E-state index in [-0.39, 0.29) is 18.1 Å². The van der Waals surface area contributed by atoms with Gasteiger partial charge in [-0.1, -0.05) is 29.7 Å². The quantitative estimate of drug-likeness (QED) is 0.487. The first kappa shape index (κ1) is 2.19. The number of hydrogen-bond acceptors (Lipinski definition) is 0. The Hall–Kier alpha value is -0.490. The molecule has 0 aliphatic carbocycles. The molecule has 0 aliphatic heterocycles. The number of halogens is 1. The van der Waals surface area contributed by atoms with Crippen LogP contribution < -0.4 is 0 Å².